The van der Waals surface area contributed by atoms with Gasteiger partial charge < -0.3 is 5.73 Å². The summed E-state index contributed by atoms with van der Waals surface area (Å²) in [6.45, 7) is 0. The molecule has 0 aliphatic heterocycles. The molecule has 5 heteroatoms. The molecule has 0 aliphatic carbocycles. The average molecular weight is 296 g/mol. The van der Waals surface area contributed by atoms with E-state index in [1.807, 2.05) is 0 Å². The van der Waals surface area contributed by atoms with Crippen LogP contribution in [0.4, 0.5) is 0 Å². The Morgan fingerprint density at radius 2 is 2.42 bits per heavy atom. The van der Waals surface area contributed by atoms with Gasteiger partial charge in [-0.1, -0.05) is 11.6 Å². The maximum atomic E-state index is 10.5. The Hall–Kier alpha value is -0.360. The molecular formula is C7H6ClIN2O. The molecule has 2 N–H and O–H groups in total. The van der Waals surface area contributed by atoms with Crippen molar-refractivity contribution in [1.82, 2.24) is 4.98 Å². The van der Waals surface area contributed by atoms with Crippen molar-refractivity contribution in [2.24, 2.45) is 5.73 Å². The molecule has 0 atom stereocenters. The van der Waals surface area contributed by atoms with Gasteiger partial charge in [0.15, 0.2) is 0 Å². The molecule has 1 aromatic heterocycles. The molecule has 1 amide bonds. The summed E-state index contributed by atoms with van der Waals surface area (Å²) >= 11 is 7.80. The monoisotopic (exact) mass is 296 g/mol. The minimum Gasteiger partial charge on any atom is -0.369 e. The lowest BCUT2D eigenvalue weighted by Crippen LogP contribution is -2.14. The van der Waals surface area contributed by atoms with Gasteiger partial charge in [0, 0.05) is 9.77 Å². The number of nitrogens with two attached hydrogens (primary N) is 1. The predicted molar refractivity (Wildman–Crippen MR) is 54.9 cm³/mol. The quantitative estimate of drug-likeness (QED) is 0.838. The topological polar surface area (TPSA) is 56.0 Å². The van der Waals surface area contributed by atoms with Crippen LogP contribution >= 0.6 is 34.2 Å². The number of halogens is 2. The SMILES string of the molecule is NC(=O)Cc1cc(I)c(Cl)cn1. The third-order valence-electron chi connectivity index (χ3n) is 1.22. The van der Waals surface area contributed by atoms with Gasteiger partial charge >= 0.3 is 0 Å². The normalized spacial score (nSPS) is 9.83. The zero-order valence-corrected chi connectivity index (χ0v) is 8.96. The largest absolute Gasteiger partial charge is 0.369 e. The van der Waals surface area contributed by atoms with Crippen LogP contribution in [0.1, 0.15) is 5.69 Å². The standard InChI is InChI=1S/C7H6ClIN2O/c8-5-3-11-4(1-6(5)9)2-7(10)12/h1,3H,2H2,(H2,10,12). The van der Waals surface area contributed by atoms with Crippen molar-refractivity contribution < 1.29 is 4.79 Å². The van der Waals surface area contributed by atoms with Crippen molar-refractivity contribution in [3.63, 3.8) is 0 Å². The van der Waals surface area contributed by atoms with E-state index in [4.69, 9.17) is 17.3 Å². The van der Waals surface area contributed by atoms with Gasteiger partial charge in [-0.15, -0.1) is 0 Å². The number of amides is 1. The van der Waals surface area contributed by atoms with E-state index in [2.05, 4.69) is 27.6 Å². The van der Waals surface area contributed by atoms with E-state index < -0.39 is 0 Å². The third-order valence-corrected chi connectivity index (χ3v) is 2.73. The first-order chi connectivity index (χ1) is 5.59. The number of nitrogens with zero attached hydrogens (tertiary/aromatic N) is 1. The molecule has 0 radical (unpaired) electrons. The molecule has 12 heavy (non-hydrogen) atoms. The Morgan fingerprint density at radius 3 is 2.92 bits per heavy atom. The Kier molecular flexibility index (Phi) is 3.28. The number of hydrogen-bond donors (Lipinski definition) is 1. The van der Waals surface area contributed by atoms with Gasteiger partial charge in [-0.25, -0.2) is 0 Å². The molecule has 0 fully saturated rings. The Labute approximate surface area is 88.4 Å². The van der Waals surface area contributed by atoms with Crippen molar-refractivity contribution in [2.75, 3.05) is 0 Å². The van der Waals surface area contributed by atoms with Crippen molar-refractivity contribution in [2.45, 2.75) is 6.42 Å². The average Bonchev–Trinajstić information content (AvgIpc) is 1.96. The molecule has 3 nitrogen and oxygen atoms in total. The first-order valence-electron chi connectivity index (χ1n) is 3.18. The second kappa shape index (κ2) is 4.04. The molecule has 64 valence electrons. The smallest absolute Gasteiger partial charge is 0.223 e. The van der Waals surface area contributed by atoms with E-state index in [1.165, 1.54) is 6.20 Å². The molecule has 0 saturated carbocycles. The molecule has 1 aromatic rings. The minimum atomic E-state index is -0.388. The zero-order valence-electron chi connectivity index (χ0n) is 6.05. The Balaban J connectivity index is 2.89. The number of hydrogen-bond acceptors (Lipinski definition) is 2. The van der Waals surface area contributed by atoms with Gasteiger partial charge in [0.25, 0.3) is 0 Å². The number of rotatable bonds is 2. The maximum absolute atomic E-state index is 10.5. The van der Waals surface area contributed by atoms with Crippen molar-refractivity contribution in [3.8, 4) is 0 Å². The highest BCUT2D eigenvalue weighted by Crippen LogP contribution is 2.17. The molecule has 0 spiro atoms. The third kappa shape index (κ3) is 2.60. The van der Waals surface area contributed by atoms with Crippen molar-refractivity contribution >= 4 is 40.1 Å². The Morgan fingerprint density at radius 1 is 1.75 bits per heavy atom. The van der Waals surface area contributed by atoms with Gasteiger partial charge in [-0.05, 0) is 28.7 Å². The van der Waals surface area contributed by atoms with Crippen LogP contribution in [0.5, 0.6) is 0 Å². The van der Waals surface area contributed by atoms with Crippen LogP contribution in [-0.2, 0) is 11.2 Å². The first-order valence-corrected chi connectivity index (χ1v) is 4.63. The van der Waals surface area contributed by atoms with E-state index >= 15 is 0 Å². The van der Waals surface area contributed by atoms with E-state index in [9.17, 15) is 4.79 Å². The number of primary amides is 1. The van der Waals surface area contributed by atoms with E-state index in [1.54, 1.807) is 6.07 Å². The lowest BCUT2D eigenvalue weighted by molar-refractivity contribution is -0.117. The fourth-order valence-electron chi connectivity index (χ4n) is 0.729. The predicted octanol–water partition coefficient (Wildman–Crippen LogP) is 1.37. The fraction of sp³-hybridized carbons (Fsp3) is 0.143. The van der Waals surface area contributed by atoms with Crippen LogP contribution in [0, 0.1) is 3.57 Å². The Bertz CT molecular complexity index is 316. The minimum absolute atomic E-state index is 0.160. The second-order valence-corrected chi connectivity index (χ2v) is 3.80. The van der Waals surface area contributed by atoms with E-state index in [-0.39, 0.29) is 12.3 Å². The summed E-state index contributed by atoms with van der Waals surface area (Å²) in [5, 5.41) is 0.587. The molecule has 0 bridgehead atoms. The summed E-state index contributed by atoms with van der Waals surface area (Å²) in [6.07, 6.45) is 1.68. The maximum Gasteiger partial charge on any atom is 0.223 e. The first kappa shape index (κ1) is 9.73. The van der Waals surface area contributed by atoms with Crippen molar-refractivity contribution in [3.05, 3.63) is 26.5 Å². The van der Waals surface area contributed by atoms with Crippen LogP contribution in [-0.4, -0.2) is 10.9 Å². The second-order valence-electron chi connectivity index (χ2n) is 2.23. The number of aromatic nitrogens is 1. The molecule has 0 aromatic carbocycles. The van der Waals surface area contributed by atoms with E-state index in [0.717, 1.165) is 3.57 Å². The summed E-state index contributed by atoms with van der Waals surface area (Å²) in [6, 6.07) is 1.74. The molecule has 1 rings (SSSR count). The highest BCUT2D eigenvalue weighted by Gasteiger charge is 2.02. The summed E-state index contributed by atoms with van der Waals surface area (Å²) in [5.41, 5.74) is 5.65. The van der Waals surface area contributed by atoms with Gasteiger partial charge in [-0.2, -0.15) is 0 Å². The summed E-state index contributed by atoms with van der Waals surface area (Å²) in [7, 11) is 0. The van der Waals surface area contributed by atoms with Crippen LogP contribution in [0.2, 0.25) is 5.02 Å². The van der Waals surface area contributed by atoms with Gasteiger partial charge in [0.05, 0.1) is 17.1 Å². The lowest BCUT2D eigenvalue weighted by atomic mass is 10.3. The van der Waals surface area contributed by atoms with Gasteiger partial charge in [0.1, 0.15) is 0 Å². The van der Waals surface area contributed by atoms with Crippen LogP contribution in [0.25, 0.3) is 0 Å². The number of carbonyl (C=O) groups is 1. The van der Waals surface area contributed by atoms with E-state index in [0.29, 0.717) is 10.7 Å². The highest BCUT2D eigenvalue weighted by molar-refractivity contribution is 14.1. The van der Waals surface area contributed by atoms with Crippen molar-refractivity contribution in [1.29, 1.82) is 0 Å². The fourth-order valence-corrected chi connectivity index (χ4v) is 1.33. The molecular weight excluding hydrogens is 290 g/mol. The lowest BCUT2D eigenvalue weighted by Gasteiger charge is -1.98. The van der Waals surface area contributed by atoms with Crippen LogP contribution in [0.15, 0.2) is 12.3 Å². The van der Waals surface area contributed by atoms with Crippen LogP contribution in [0.3, 0.4) is 0 Å². The zero-order chi connectivity index (χ0) is 9.14. The molecule has 0 saturated heterocycles. The number of pyridine rings is 1. The molecule has 0 aliphatic rings. The summed E-state index contributed by atoms with van der Waals surface area (Å²) in [4.78, 5) is 14.5. The summed E-state index contributed by atoms with van der Waals surface area (Å²) in [5.74, 6) is -0.388. The van der Waals surface area contributed by atoms with Gasteiger partial charge in [-0.3, -0.25) is 9.78 Å². The summed E-state index contributed by atoms with van der Waals surface area (Å²) < 4.78 is 0.875. The van der Waals surface area contributed by atoms with Gasteiger partial charge in [0.2, 0.25) is 5.91 Å². The molecule has 0 unspecified atom stereocenters. The van der Waals surface area contributed by atoms with Crippen LogP contribution < -0.4 is 5.73 Å². The highest BCUT2D eigenvalue weighted by atomic mass is 127. The number of carbonyl (C=O) groups excluding carboxylic acids is 1. The molecule has 1 heterocycles.